The van der Waals surface area contributed by atoms with Crippen LogP contribution in [-0.4, -0.2) is 4.57 Å². The zero-order valence-corrected chi connectivity index (χ0v) is 41.0. The summed E-state index contributed by atoms with van der Waals surface area (Å²) in [7, 11) is 0. The summed E-state index contributed by atoms with van der Waals surface area (Å²) in [6.45, 7) is 0. The van der Waals surface area contributed by atoms with E-state index in [1.807, 2.05) is 11.3 Å². The lowest BCUT2D eigenvalue weighted by atomic mass is 9.70. The molecule has 0 aliphatic heterocycles. The number of para-hydroxylation sites is 1. The van der Waals surface area contributed by atoms with Crippen molar-refractivity contribution in [1.82, 2.24) is 4.57 Å². The van der Waals surface area contributed by atoms with Gasteiger partial charge in [0.15, 0.2) is 0 Å². The molecule has 0 saturated carbocycles. The van der Waals surface area contributed by atoms with Crippen LogP contribution < -0.4 is 4.90 Å². The minimum atomic E-state index is -0.451. The molecule has 14 aromatic rings. The van der Waals surface area contributed by atoms with Gasteiger partial charge in [0.05, 0.1) is 16.4 Å². The summed E-state index contributed by atoms with van der Waals surface area (Å²) >= 11 is 1.90. The number of hydrogen-bond donors (Lipinski definition) is 0. The highest BCUT2D eigenvalue weighted by atomic mass is 32.1. The molecule has 344 valence electrons. The molecule has 16 rings (SSSR count). The zero-order valence-electron chi connectivity index (χ0n) is 40.2. The van der Waals surface area contributed by atoms with Crippen LogP contribution in [0.2, 0.25) is 0 Å². The van der Waals surface area contributed by atoms with Gasteiger partial charge in [-0.25, -0.2) is 0 Å². The number of benzene rings is 12. The molecule has 0 unspecified atom stereocenters. The van der Waals surface area contributed by atoms with E-state index in [4.69, 9.17) is 0 Å². The Labute approximate surface area is 432 Å². The van der Waals surface area contributed by atoms with Gasteiger partial charge in [0.25, 0.3) is 0 Å². The summed E-state index contributed by atoms with van der Waals surface area (Å²) in [5.74, 6) is 0. The summed E-state index contributed by atoms with van der Waals surface area (Å²) in [4.78, 5) is 2.46. The van der Waals surface area contributed by atoms with Crippen LogP contribution in [0, 0.1) is 0 Å². The van der Waals surface area contributed by atoms with Crippen LogP contribution in [0.25, 0.3) is 103 Å². The van der Waals surface area contributed by atoms with E-state index < -0.39 is 5.41 Å². The second-order valence-electron chi connectivity index (χ2n) is 19.9. The number of aromatic nitrogens is 1. The van der Waals surface area contributed by atoms with E-state index in [-0.39, 0.29) is 0 Å². The lowest BCUT2D eigenvalue weighted by molar-refractivity contribution is 0.793. The molecule has 0 radical (unpaired) electrons. The summed E-state index contributed by atoms with van der Waals surface area (Å²) < 4.78 is 5.09. The molecule has 0 atom stereocenters. The molecule has 2 aliphatic carbocycles. The second kappa shape index (κ2) is 15.9. The summed E-state index contributed by atoms with van der Waals surface area (Å²) in [5.41, 5.74) is 21.9. The van der Waals surface area contributed by atoms with Crippen molar-refractivity contribution in [3.05, 3.63) is 289 Å². The Kier molecular flexibility index (Phi) is 8.86. The number of fused-ring (bicyclic) bond motifs is 18. The Bertz CT molecular complexity index is 4530. The van der Waals surface area contributed by atoms with Gasteiger partial charge in [-0.05, 0) is 139 Å². The van der Waals surface area contributed by atoms with Crippen molar-refractivity contribution in [1.29, 1.82) is 0 Å². The molecular weight excluding hydrogens is 913 g/mol. The smallest absolute Gasteiger partial charge is 0.0726 e. The molecule has 12 aromatic carbocycles. The maximum Gasteiger partial charge on any atom is 0.0726 e. The fourth-order valence-electron chi connectivity index (χ4n) is 13.0. The molecule has 0 fully saturated rings. The van der Waals surface area contributed by atoms with E-state index in [9.17, 15) is 0 Å². The zero-order chi connectivity index (χ0) is 48.5. The highest BCUT2D eigenvalue weighted by Gasteiger charge is 2.51. The third-order valence-corrected chi connectivity index (χ3v) is 17.4. The van der Waals surface area contributed by atoms with Gasteiger partial charge in [-0.3, -0.25) is 0 Å². The molecule has 1 spiro atoms. The van der Waals surface area contributed by atoms with Crippen LogP contribution in [0.15, 0.2) is 267 Å². The Hall–Kier alpha value is -9.28. The van der Waals surface area contributed by atoms with Crippen molar-refractivity contribution in [3.8, 4) is 50.2 Å². The molecular formula is C71H44N2S. The van der Waals surface area contributed by atoms with Crippen molar-refractivity contribution < 1.29 is 0 Å². The Morgan fingerprint density at radius 2 is 0.878 bits per heavy atom. The first-order chi connectivity index (χ1) is 36.7. The van der Waals surface area contributed by atoms with Crippen LogP contribution >= 0.6 is 11.3 Å². The third-order valence-electron chi connectivity index (χ3n) is 16.2. The molecule has 0 saturated heterocycles. The molecule has 0 bridgehead atoms. The highest BCUT2D eigenvalue weighted by molar-refractivity contribution is 7.26. The number of thiophene rings is 1. The van der Waals surface area contributed by atoms with E-state index in [1.54, 1.807) is 0 Å². The van der Waals surface area contributed by atoms with Gasteiger partial charge in [-0.15, -0.1) is 11.3 Å². The number of rotatable bonds is 6. The van der Waals surface area contributed by atoms with Gasteiger partial charge in [0.2, 0.25) is 0 Å². The quantitative estimate of drug-likeness (QED) is 0.161. The SMILES string of the molecule is c1ccc(-c2ccc(N(c3ccc(-c4cc5c6ccccc6n(-c6ccc7ccccc7c6)c5c5c4sc4ccccc45)cc3)c3ccc4c(c3)C3(c5ccccc5-c5ccccc53)c3ccccc3-4)cc2)cc1. The first-order valence-electron chi connectivity index (χ1n) is 25.6. The second-order valence-corrected chi connectivity index (χ2v) is 21.0. The van der Waals surface area contributed by atoms with Crippen LogP contribution in [-0.2, 0) is 5.41 Å². The van der Waals surface area contributed by atoms with Crippen molar-refractivity contribution in [2.75, 3.05) is 4.90 Å². The standard InChI is InChI=1S/C71H44N2S/c1-2-16-45(17-3-1)47-30-35-50(36-31-47)72(53-40-41-57-56-22-8-13-27-64(56)71(65(57)43-53)62-25-11-6-20-54(62)55-21-7-12-26-63(55)71)51-37-33-48(34-38-51)60-44-61-58-23-9-14-28-66(58)73(52-39-32-46-18-4-5-19-49(46)42-52)69(61)68-59-24-10-15-29-67(59)74-70(60)68/h1-44H. The van der Waals surface area contributed by atoms with Gasteiger partial charge in [-0.1, -0.05) is 200 Å². The van der Waals surface area contributed by atoms with Crippen LogP contribution in [0.4, 0.5) is 17.1 Å². The first-order valence-corrected chi connectivity index (χ1v) is 26.4. The van der Waals surface area contributed by atoms with Crippen molar-refractivity contribution in [2.45, 2.75) is 5.41 Å². The van der Waals surface area contributed by atoms with Gasteiger partial charge in [0.1, 0.15) is 0 Å². The van der Waals surface area contributed by atoms with E-state index in [2.05, 4.69) is 276 Å². The van der Waals surface area contributed by atoms with Crippen molar-refractivity contribution in [2.24, 2.45) is 0 Å². The third kappa shape index (κ3) is 5.81. The molecule has 0 N–H and O–H groups in total. The lowest BCUT2D eigenvalue weighted by Crippen LogP contribution is -2.26. The fourth-order valence-corrected chi connectivity index (χ4v) is 14.3. The predicted molar refractivity (Wildman–Crippen MR) is 313 cm³/mol. The maximum absolute atomic E-state index is 2.51. The Balaban J connectivity index is 0.898. The molecule has 0 amide bonds. The molecule has 2 aliphatic rings. The van der Waals surface area contributed by atoms with Crippen LogP contribution in [0.1, 0.15) is 22.3 Å². The fraction of sp³-hybridized carbons (Fsp3) is 0.0141. The molecule has 2 nitrogen and oxygen atoms in total. The van der Waals surface area contributed by atoms with Crippen LogP contribution in [0.3, 0.4) is 0 Å². The Morgan fingerprint density at radius 1 is 0.338 bits per heavy atom. The Morgan fingerprint density at radius 3 is 1.58 bits per heavy atom. The van der Waals surface area contributed by atoms with Gasteiger partial charge in [0, 0.05) is 59.3 Å². The topological polar surface area (TPSA) is 8.17 Å². The van der Waals surface area contributed by atoms with E-state index in [1.165, 1.54) is 125 Å². The van der Waals surface area contributed by atoms with E-state index in [0.717, 1.165) is 17.1 Å². The molecule has 2 aromatic heterocycles. The average Bonchev–Trinajstić information content (AvgIpc) is 4.21. The average molecular weight is 957 g/mol. The number of hydrogen-bond acceptors (Lipinski definition) is 2. The summed E-state index contributed by atoms with van der Waals surface area (Å²) in [5, 5.41) is 7.57. The first kappa shape index (κ1) is 41.3. The van der Waals surface area contributed by atoms with Gasteiger partial charge >= 0.3 is 0 Å². The monoisotopic (exact) mass is 956 g/mol. The molecule has 2 heterocycles. The molecule has 3 heteroatoms. The van der Waals surface area contributed by atoms with Crippen molar-refractivity contribution in [3.63, 3.8) is 0 Å². The van der Waals surface area contributed by atoms with Crippen LogP contribution in [0.5, 0.6) is 0 Å². The predicted octanol–water partition coefficient (Wildman–Crippen LogP) is 19.5. The maximum atomic E-state index is 2.51. The van der Waals surface area contributed by atoms with Gasteiger partial charge in [-0.2, -0.15) is 0 Å². The van der Waals surface area contributed by atoms with E-state index in [0.29, 0.717) is 0 Å². The number of anilines is 3. The summed E-state index contributed by atoms with van der Waals surface area (Å²) in [6.07, 6.45) is 0. The minimum absolute atomic E-state index is 0.451. The van der Waals surface area contributed by atoms with Gasteiger partial charge < -0.3 is 9.47 Å². The lowest BCUT2D eigenvalue weighted by Gasteiger charge is -2.32. The number of nitrogens with zero attached hydrogens (tertiary/aromatic N) is 2. The van der Waals surface area contributed by atoms with E-state index >= 15 is 0 Å². The minimum Gasteiger partial charge on any atom is -0.310 e. The molecule has 74 heavy (non-hydrogen) atoms. The van der Waals surface area contributed by atoms with Crippen molar-refractivity contribution >= 4 is 81.1 Å². The summed E-state index contributed by atoms with van der Waals surface area (Å²) in [6, 6.07) is 99.5. The normalized spacial score (nSPS) is 13.0. The highest BCUT2D eigenvalue weighted by Crippen LogP contribution is 2.63. The largest absolute Gasteiger partial charge is 0.310 e.